The number of hydrogen-bond donors (Lipinski definition) is 1. The Labute approximate surface area is 187 Å². The van der Waals surface area contributed by atoms with Crippen molar-refractivity contribution in [1.82, 2.24) is 15.2 Å². The standard InChI is InChI=1S/C20H27FN4OS.HI/c1-15-24-18(13-27-15)12-25(3)19(22-2)23-14-20(8-10-26-11-9-20)16-4-6-17(21)7-5-16;/h4-7,13H,8-12,14H2,1-3H3,(H,22,23);1H. The average Bonchev–Trinajstić information content (AvgIpc) is 3.08. The zero-order valence-corrected chi connectivity index (χ0v) is 19.7. The van der Waals surface area contributed by atoms with Gasteiger partial charge in [-0.05, 0) is 37.5 Å². The van der Waals surface area contributed by atoms with Gasteiger partial charge in [0.25, 0.3) is 0 Å². The first kappa shape index (κ1) is 23.0. The van der Waals surface area contributed by atoms with Crippen molar-refractivity contribution in [1.29, 1.82) is 0 Å². The number of aryl methyl sites for hydroxylation is 1. The highest BCUT2D eigenvalue weighted by Gasteiger charge is 2.34. The maximum atomic E-state index is 13.4. The van der Waals surface area contributed by atoms with Gasteiger partial charge in [0.15, 0.2) is 5.96 Å². The highest BCUT2D eigenvalue weighted by molar-refractivity contribution is 14.0. The van der Waals surface area contributed by atoms with Gasteiger partial charge in [-0.1, -0.05) is 12.1 Å². The third-order valence-electron chi connectivity index (χ3n) is 5.13. The number of aromatic nitrogens is 1. The van der Waals surface area contributed by atoms with Gasteiger partial charge < -0.3 is 15.0 Å². The van der Waals surface area contributed by atoms with Crippen molar-refractivity contribution >= 4 is 41.3 Å². The zero-order chi connectivity index (χ0) is 19.3. The molecule has 154 valence electrons. The molecule has 1 N–H and O–H groups in total. The van der Waals surface area contributed by atoms with Crippen molar-refractivity contribution in [3.05, 3.63) is 51.7 Å². The van der Waals surface area contributed by atoms with Crippen LogP contribution in [-0.4, -0.2) is 49.7 Å². The number of benzene rings is 1. The minimum absolute atomic E-state index is 0. The summed E-state index contributed by atoms with van der Waals surface area (Å²) in [5.41, 5.74) is 2.11. The number of nitrogens with zero attached hydrogens (tertiary/aromatic N) is 3. The Balaban J connectivity index is 0.00000280. The predicted molar refractivity (Wildman–Crippen MR) is 123 cm³/mol. The molecule has 0 amide bonds. The molecule has 0 atom stereocenters. The third kappa shape index (κ3) is 5.64. The first-order chi connectivity index (χ1) is 13.0. The normalized spacial score (nSPS) is 16.4. The Kier molecular flexibility index (Phi) is 8.63. The fraction of sp³-hybridized carbons (Fsp3) is 0.500. The van der Waals surface area contributed by atoms with Crippen LogP contribution in [0.2, 0.25) is 0 Å². The molecule has 3 rings (SSSR count). The van der Waals surface area contributed by atoms with Crippen LogP contribution in [0.1, 0.15) is 29.1 Å². The maximum Gasteiger partial charge on any atom is 0.193 e. The van der Waals surface area contributed by atoms with E-state index in [-0.39, 0.29) is 35.2 Å². The molecule has 1 aliphatic rings. The van der Waals surface area contributed by atoms with E-state index in [0.717, 1.165) is 41.6 Å². The van der Waals surface area contributed by atoms with Gasteiger partial charge in [0, 0.05) is 44.6 Å². The summed E-state index contributed by atoms with van der Waals surface area (Å²) in [5.74, 6) is 0.622. The summed E-state index contributed by atoms with van der Waals surface area (Å²) in [4.78, 5) is 11.0. The first-order valence-corrected chi connectivity index (χ1v) is 10.1. The summed E-state index contributed by atoms with van der Waals surface area (Å²) < 4.78 is 19.0. The summed E-state index contributed by atoms with van der Waals surface area (Å²) in [6, 6.07) is 6.87. The lowest BCUT2D eigenvalue weighted by molar-refractivity contribution is 0.0512. The van der Waals surface area contributed by atoms with Crippen LogP contribution < -0.4 is 5.32 Å². The second kappa shape index (κ2) is 10.5. The van der Waals surface area contributed by atoms with Crippen LogP contribution in [0.5, 0.6) is 0 Å². The molecule has 2 heterocycles. The highest BCUT2D eigenvalue weighted by Crippen LogP contribution is 2.34. The van der Waals surface area contributed by atoms with Crippen LogP contribution in [0.15, 0.2) is 34.6 Å². The number of hydrogen-bond acceptors (Lipinski definition) is 4. The molecule has 1 aromatic heterocycles. The molecular weight excluding hydrogens is 490 g/mol. The fourth-order valence-electron chi connectivity index (χ4n) is 3.56. The Morgan fingerprint density at radius 2 is 2.00 bits per heavy atom. The van der Waals surface area contributed by atoms with Crippen molar-refractivity contribution in [3.8, 4) is 0 Å². The molecule has 0 saturated carbocycles. The van der Waals surface area contributed by atoms with Gasteiger partial charge in [-0.15, -0.1) is 35.3 Å². The van der Waals surface area contributed by atoms with E-state index in [0.29, 0.717) is 19.8 Å². The second-order valence-corrected chi connectivity index (χ2v) is 8.08. The molecule has 0 aliphatic carbocycles. The van der Waals surface area contributed by atoms with Gasteiger partial charge in [0.05, 0.1) is 17.2 Å². The minimum atomic E-state index is -0.206. The van der Waals surface area contributed by atoms with Crippen molar-refractivity contribution in [2.24, 2.45) is 4.99 Å². The number of thiazole rings is 1. The van der Waals surface area contributed by atoms with Crippen molar-refractivity contribution < 1.29 is 9.13 Å². The predicted octanol–water partition coefficient (Wildman–Crippen LogP) is 3.96. The molecule has 2 aromatic rings. The topological polar surface area (TPSA) is 49.8 Å². The summed E-state index contributed by atoms with van der Waals surface area (Å²) in [5, 5.41) is 6.67. The molecule has 8 heteroatoms. The highest BCUT2D eigenvalue weighted by atomic mass is 127. The van der Waals surface area contributed by atoms with Crippen LogP contribution in [0.4, 0.5) is 4.39 Å². The van der Waals surface area contributed by atoms with Gasteiger partial charge >= 0.3 is 0 Å². The maximum absolute atomic E-state index is 13.4. The zero-order valence-electron chi connectivity index (χ0n) is 16.6. The molecule has 0 spiro atoms. The second-order valence-electron chi connectivity index (χ2n) is 7.01. The monoisotopic (exact) mass is 518 g/mol. The quantitative estimate of drug-likeness (QED) is 0.370. The van der Waals surface area contributed by atoms with E-state index in [1.807, 2.05) is 26.1 Å². The number of ether oxygens (including phenoxy) is 1. The molecule has 0 radical (unpaired) electrons. The molecule has 0 unspecified atom stereocenters. The SMILES string of the molecule is CN=C(NCC1(c2ccc(F)cc2)CCOCC1)N(C)Cc1csc(C)n1.I. The van der Waals surface area contributed by atoms with E-state index in [9.17, 15) is 4.39 Å². The van der Waals surface area contributed by atoms with Gasteiger partial charge in [0.1, 0.15) is 5.82 Å². The van der Waals surface area contributed by atoms with Crippen LogP contribution in [0, 0.1) is 12.7 Å². The Morgan fingerprint density at radius 3 is 2.57 bits per heavy atom. The molecule has 1 fully saturated rings. The fourth-order valence-corrected chi connectivity index (χ4v) is 4.17. The molecular formula is C20H28FIN4OS. The molecule has 28 heavy (non-hydrogen) atoms. The lowest BCUT2D eigenvalue weighted by Gasteiger charge is -2.39. The lowest BCUT2D eigenvalue weighted by atomic mass is 9.74. The first-order valence-electron chi connectivity index (χ1n) is 9.19. The molecule has 1 aromatic carbocycles. The molecule has 0 bridgehead atoms. The van der Waals surface area contributed by atoms with Gasteiger partial charge in [-0.2, -0.15) is 0 Å². The Hall–Kier alpha value is -1.26. The summed E-state index contributed by atoms with van der Waals surface area (Å²) in [6.07, 6.45) is 1.80. The van der Waals surface area contributed by atoms with Crippen molar-refractivity contribution in [2.45, 2.75) is 31.7 Å². The van der Waals surface area contributed by atoms with E-state index >= 15 is 0 Å². The molecule has 1 aliphatic heterocycles. The van der Waals surface area contributed by atoms with E-state index in [1.54, 1.807) is 18.4 Å². The van der Waals surface area contributed by atoms with E-state index in [4.69, 9.17) is 4.74 Å². The summed E-state index contributed by atoms with van der Waals surface area (Å²) >= 11 is 1.66. The van der Waals surface area contributed by atoms with Gasteiger partial charge in [-0.25, -0.2) is 9.37 Å². The van der Waals surface area contributed by atoms with Crippen molar-refractivity contribution in [2.75, 3.05) is 33.9 Å². The van der Waals surface area contributed by atoms with Crippen LogP contribution in [-0.2, 0) is 16.7 Å². The molecule has 1 saturated heterocycles. The van der Waals surface area contributed by atoms with E-state index in [1.165, 1.54) is 12.1 Å². The van der Waals surface area contributed by atoms with Crippen molar-refractivity contribution in [3.63, 3.8) is 0 Å². The number of aliphatic imine (C=N–C) groups is 1. The largest absolute Gasteiger partial charge is 0.381 e. The summed E-state index contributed by atoms with van der Waals surface area (Å²) in [6.45, 7) is 4.88. The third-order valence-corrected chi connectivity index (χ3v) is 5.95. The number of nitrogens with one attached hydrogen (secondary N) is 1. The van der Waals surface area contributed by atoms with E-state index < -0.39 is 0 Å². The van der Waals surface area contributed by atoms with Crippen LogP contribution in [0.25, 0.3) is 0 Å². The average molecular weight is 518 g/mol. The smallest absolute Gasteiger partial charge is 0.193 e. The van der Waals surface area contributed by atoms with Gasteiger partial charge in [0.2, 0.25) is 0 Å². The lowest BCUT2D eigenvalue weighted by Crippen LogP contribution is -2.48. The Bertz CT molecular complexity index is 775. The molecule has 5 nitrogen and oxygen atoms in total. The number of guanidine groups is 1. The van der Waals surface area contributed by atoms with Gasteiger partial charge in [-0.3, -0.25) is 4.99 Å². The summed E-state index contributed by atoms with van der Waals surface area (Å²) in [7, 11) is 3.80. The number of halogens is 2. The van der Waals surface area contributed by atoms with E-state index in [2.05, 4.69) is 25.6 Å². The minimum Gasteiger partial charge on any atom is -0.381 e. The number of rotatable bonds is 5. The van der Waals surface area contributed by atoms with Crippen LogP contribution in [0.3, 0.4) is 0 Å². The van der Waals surface area contributed by atoms with Crippen LogP contribution >= 0.6 is 35.3 Å². The Morgan fingerprint density at radius 1 is 1.32 bits per heavy atom.